The first-order chi connectivity index (χ1) is 8.02. The van der Waals surface area contributed by atoms with Crippen molar-refractivity contribution in [3.8, 4) is 0 Å². The Morgan fingerprint density at radius 3 is 2.47 bits per heavy atom. The van der Waals surface area contributed by atoms with Gasteiger partial charge >= 0.3 is 5.97 Å². The van der Waals surface area contributed by atoms with E-state index in [9.17, 15) is 9.90 Å². The molecular weight excluding hydrogens is 286 g/mol. The highest BCUT2D eigenvalue weighted by Crippen LogP contribution is 2.30. The zero-order valence-corrected chi connectivity index (χ0v) is 11.6. The van der Waals surface area contributed by atoms with Crippen LogP contribution in [-0.4, -0.2) is 38.6 Å². The van der Waals surface area contributed by atoms with Crippen molar-refractivity contribution in [3.05, 3.63) is 16.1 Å². The van der Waals surface area contributed by atoms with Crippen molar-refractivity contribution < 1.29 is 9.90 Å². The minimum atomic E-state index is -0.810. The van der Waals surface area contributed by atoms with Gasteiger partial charge in [-0.2, -0.15) is 0 Å². The summed E-state index contributed by atoms with van der Waals surface area (Å²) in [4.78, 5) is 17.8. The molecule has 5 nitrogen and oxygen atoms in total. The molecule has 0 saturated carbocycles. The van der Waals surface area contributed by atoms with Crippen molar-refractivity contribution >= 4 is 21.9 Å². The summed E-state index contributed by atoms with van der Waals surface area (Å²) in [6.45, 7) is 3.55. The lowest BCUT2D eigenvalue weighted by molar-refractivity contribution is -0.143. The van der Waals surface area contributed by atoms with Crippen molar-refractivity contribution in [2.75, 3.05) is 13.1 Å². The van der Waals surface area contributed by atoms with Crippen LogP contribution >= 0.6 is 15.9 Å². The molecule has 1 aromatic rings. The second-order valence-electron chi connectivity index (χ2n) is 4.38. The molecule has 1 N–H and O–H groups in total. The molecule has 0 aromatic carbocycles. The van der Waals surface area contributed by atoms with E-state index in [2.05, 4.69) is 20.9 Å². The first-order valence-electron chi connectivity index (χ1n) is 5.68. The summed E-state index contributed by atoms with van der Waals surface area (Å²) in [5.74, 6) is 0.00734. The predicted molar refractivity (Wildman–Crippen MR) is 66.8 cm³/mol. The number of carboxylic acid groups (broad SMARTS) is 1. The summed E-state index contributed by atoms with van der Waals surface area (Å²) >= 11 is 3.36. The molecule has 6 heteroatoms. The van der Waals surface area contributed by atoms with Gasteiger partial charge in [-0.3, -0.25) is 9.69 Å². The highest BCUT2D eigenvalue weighted by Gasteiger charge is 2.34. The van der Waals surface area contributed by atoms with Gasteiger partial charge in [0, 0.05) is 7.05 Å². The van der Waals surface area contributed by atoms with Crippen LogP contribution in [-0.2, 0) is 11.8 Å². The SMILES string of the molecule is Cc1nc(Br)c(C(C(=O)O)N2CCCC2)n1C. The van der Waals surface area contributed by atoms with Crippen LogP contribution in [0, 0.1) is 6.92 Å². The number of aliphatic carboxylic acids is 1. The predicted octanol–water partition coefficient (Wildman–Crippen LogP) is 1.71. The zero-order valence-electron chi connectivity index (χ0n) is 9.98. The van der Waals surface area contributed by atoms with Gasteiger partial charge in [-0.05, 0) is 48.8 Å². The maximum absolute atomic E-state index is 11.5. The lowest BCUT2D eigenvalue weighted by atomic mass is 10.2. The summed E-state index contributed by atoms with van der Waals surface area (Å²) in [5, 5.41) is 9.44. The van der Waals surface area contributed by atoms with Crippen LogP contribution in [0.3, 0.4) is 0 Å². The molecule has 94 valence electrons. The van der Waals surface area contributed by atoms with Crippen LogP contribution in [0.4, 0.5) is 0 Å². The largest absolute Gasteiger partial charge is 0.480 e. The molecule has 1 fully saturated rings. The number of carboxylic acids is 1. The van der Waals surface area contributed by atoms with Crippen LogP contribution in [0.25, 0.3) is 0 Å². The van der Waals surface area contributed by atoms with Gasteiger partial charge in [-0.15, -0.1) is 0 Å². The van der Waals surface area contributed by atoms with Gasteiger partial charge in [0.25, 0.3) is 0 Å². The Morgan fingerprint density at radius 2 is 2.06 bits per heavy atom. The quantitative estimate of drug-likeness (QED) is 0.923. The van der Waals surface area contributed by atoms with Crippen molar-refractivity contribution in [1.82, 2.24) is 14.5 Å². The summed E-state index contributed by atoms with van der Waals surface area (Å²) in [7, 11) is 1.86. The lowest BCUT2D eigenvalue weighted by Crippen LogP contribution is -2.33. The number of aromatic nitrogens is 2. The van der Waals surface area contributed by atoms with Crippen molar-refractivity contribution in [2.45, 2.75) is 25.8 Å². The average molecular weight is 302 g/mol. The van der Waals surface area contributed by atoms with E-state index in [1.54, 1.807) is 0 Å². The summed E-state index contributed by atoms with van der Waals surface area (Å²) < 4.78 is 2.48. The van der Waals surface area contributed by atoms with Crippen LogP contribution in [0.15, 0.2) is 4.60 Å². The zero-order chi connectivity index (χ0) is 12.6. The van der Waals surface area contributed by atoms with E-state index in [0.717, 1.165) is 37.4 Å². The summed E-state index contributed by atoms with van der Waals surface area (Å²) in [6, 6.07) is -0.599. The molecule has 0 aliphatic carbocycles. The van der Waals surface area contributed by atoms with Crippen LogP contribution < -0.4 is 0 Å². The number of rotatable bonds is 3. The monoisotopic (exact) mass is 301 g/mol. The number of imidazole rings is 1. The third-order valence-electron chi connectivity index (χ3n) is 3.32. The topological polar surface area (TPSA) is 58.4 Å². The van der Waals surface area contributed by atoms with Gasteiger partial charge in [-0.1, -0.05) is 0 Å². The Balaban J connectivity index is 2.41. The molecule has 0 amide bonds. The number of likely N-dealkylation sites (tertiary alicyclic amines) is 1. The highest BCUT2D eigenvalue weighted by atomic mass is 79.9. The van der Waals surface area contributed by atoms with E-state index >= 15 is 0 Å². The molecule has 2 rings (SSSR count). The van der Waals surface area contributed by atoms with Crippen molar-refractivity contribution in [3.63, 3.8) is 0 Å². The molecule has 1 atom stereocenters. The standard InChI is InChI=1S/C11H16BrN3O2/c1-7-13-10(12)8(14(7)2)9(11(16)17)15-5-3-4-6-15/h9H,3-6H2,1-2H3,(H,16,17). The second-order valence-corrected chi connectivity index (χ2v) is 5.13. The number of hydrogen-bond acceptors (Lipinski definition) is 3. The van der Waals surface area contributed by atoms with Crippen LogP contribution in [0.2, 0.25) is 0 Å². The van der Waals surface area contributed by atoms with Gasteiger partial charge in [0.05, 0.1) is 5.69 Å². The molecule has 1 unspecified atom stereocenters. The fourth-order valence-corrected chi connectivity index (χ4v) is 3.07. The first-order valence-corrected chi connectivity index (χ1v) is 6.47. The van der Waals surface area contributed by atoms with Gasteiger partial charge in [0.1, 0.15) is 10.4 Å². The molecular formula is C11H16BrN3O2. The minimum Gasteiger partial charge on any atom is -0.480 e. The number of hydrogen-bond donors (Lipinski definition) is 1. The number of carbonyl (C=O) groups is 1. The van der Waals surface area contributed by atoms with Gasteiger partial charge < -0.3 is 9.67 Å². The molecule has 0 spiro atoms. The molecule has 0 radical (unpaired) electrons. The van der Waals surface area contributed by atoms with E-state index < -0.39 is 12.0 Å². The van der Waals surface area contributed by atoms with E-state index in [1.807, 2.05) is 23.4 Å². The van der Waals surface area contributed by atoms with Crippen LogP contribution in [0.5, 0.6) is 0 Å². The summed E-state index contributed by atoms with van der Waals surface area (Å²) in [5.41, 5.74) is 0.733. The maximum atomic E-state index is 11.5. The third-order valence-corrected chi connectivity index (χ3v) is 3.90. The normalized spacial score (nSPS) is 18.5. The minimum absolute atomic E-state index is 0.599. The molecule has 17 heavy (non-hydrogen) atoms. The van der Waals surface area contributed by atoms with Crippen molar-refractivity contribution in [1.29, 1.82) is 0 Å². The van der Waals surface area contributed by atoms with Gasteiger partial charge in [0.2, 0.25) is 0 Å². The Labute approximate surface area is 109 Å². The van der Waals surface area contributed by atoms with Crippen LogP contribution in [0.1, 0.15) is 30.4 Å². The Hall–Kier alpha value is -0.880. The average Bonchev–Trinajstić information content (AvgIpc) is 2.83. The Kier molecular flexibility index (Phi) is 3.53. The van der Waals surface area contributed by atoms with Crippen molar-refractivity contribution in [2.24, 2.45) is 7.05 Å². The van der Waals surface area contributed by atoms with E-state index in [1.165, 1.54) is 0 Å². The van der Waals surface area contributed by atoms with E-state index in [-0.39, 0.29) is 0 Å². The fourth-order valence-electron chi connectivity index (χ4n) is 2.33. The number of nitrogens with zero attached hydrogens (tertiary/aromatic N) is 3. The fraction of sp³-hybridized carbons (Fsp3) is 0.636. The molecule has 0 bridgehead atoms. The second kappa shape index (κ2) is 4.78. The smallest absolute Gasteiger partial charge is 0.327 e. The highest BCUT2D eigenvalue weighted by molar-refractivity contribution is 9.10. The molecule has 1 aliphatic rings. The molecule has 1 saturated heterocycles. The molecule has 1 aliphatic heterocycles. The molecule has 2 heterocycles. The van der Waals surface area contributed by atoms with E-state index in [0.29, 0.717) is 4.60 Å². The lowest BCUT2D eigenvalue weighted by Gasteiger charge is -2.24. The van der Waals surface area contributed by atoms with Gasteiger partial charge in [0.15, 0.2) is 6.04 Å². The Morgan fingerprint density at radius 1 is 1.47 bits per heavy atom. The Bertz CT molecular complexity index is 438. The summed E-state index contributed by atoms with van der Waals surface area (Å²) in [6.07, 6.45) is 2.14. The van der Waals surface area contributed by atoms with Gasteiger partial charge in [-0.25, -0.2) is 4.98 Å². The third kappa shape index (κ3) is 2.24. The number of aryl methyl sites for hydroxylation is 1. The number of halogens is 1. The van der Waals surface area contributed by atoms with E-state index in [4.69, 9.17) is 0 Å². The first kappa shape index (κ1) is 12.6. The molecule has 1 aromatic heterocycles. The maximum Gasteiger partial charge on any atom is 0.327 e.